The highest BCUT2D eigenvalue weighted by atomic mass is 16.3. The molecule has 5 nitrogen and oxygen atoms in total. The van der Waals surface area contributed by atoms with Crippen molar-refractivity contribution in [2.75, 3.05) is 31.1 Å². The minimum absolute atomic E-state index is 0.0394. The van der Waals surface area contributed by atoms with Crippen molar-refractivity contribution in [2.45, 2.75) is 32.3 Å². The molecule has 0 bridgehead atoms. The van der Waals surface area contributed by atoms with E-state index in [2.05, 4.69) is 11.0 Å². The van der Waals surface area contributed by atoms with Crippen LogP contribution in [0.15, 0.2) is 78.9 Å². The predicted molar refractivity (Wildman–Crippen MR) is 139 cm³/mol. The quantitative estimate of drug-likeness (QED) is 0.519. The van der Waals surface area contributed by atoms with Crippen LogP contribution in [0.25, 0.3) is 0 Å². The van der Waals surface area contributed by atoms with Gasteiger partial charge in [-0.2, -0.15) is 5.26 Å². The standard InChI is InChI=1S/C30H33N3O2/c1-3-32(4-2)29(34)23-15-16-28(24(21-23)22-31)33-19-17-27(18-20-33)30(35,25-11-7-5-8-12-25)26-13-9-6-10-14-26/h5-16,21,27,35H,3-4,17-20H2,1-2H3. The van der Waals surface area contributed by atoms with Crippen molar-refractivity contribution in [1.82, 2.24) is 4.90 Å². The molecule has 35 heavy (non-hydrogen) atoms. The smallest absolute Gasteiger partial charge is 0.253 e. The number of hydrogen-bond donors (Lipinski definition) is 1. The molecule has 1 aliphatic heterocycles. The number of benzene rings is 3. The minimum Gasteiger partial charge on any atom is -0.380 e. The Hall–Kier alpha value is -3.62. The van der Waals surface area contributed by atoms with Gasteiger partial charge in [0, 0.05) is 31.7 Å². The maximum Gasteiger partial charge on any atom is 0.253 e. The first kappa shape index (κ1) is 24.5. The van der Waals surface area contributed by atoms with Gasteiger partial charge in [-0.1, -0.05) is 60.7 Å². The van der Waals surface area contributed by atoms with Gasteiger partial charge in [-0.3, -0.25) is 4.79 Å². The fourth-order valence-corrected chi connectivity index (χ4v) is 5.29. The van der Waals surface area contributed by atoms with Crippen LogP contribution >= 0.6 is 0 Å². The summed E-state index contributed by atoms with van der Waals surface area (Å²) in [7, 11) is 0. The minimum atomic E-state index is -1.08. The van der Waals surface area contributed by atoms with E-state index in [0.717, 1.165) is 42.7 Å². The molecular formula is C30H33N3O2. The van der Waals surface area contributed by atoms with E-state index >= 15 is 0 Å². The summed E-state index contributed by atoms with van der Waals surface area (Å²) in [5.74, 6) is -0.00912. The maximum atomic E-state index is 12.8. The van der Waals surface area contributed by atoms with Gasteiger partial charge < -0.3 is 14.9 Å². The van der Waals surface area contributed by atoms with Crippen molar-refractivity contribution in [3.8, 4) is 6.07 Å². The Morgan fingerprint density at radius 2 is 1.51 bits per heavy atom. The van der Waals surface area contributed by atoms with E-state index in [9.17, 15) is 15.2 Å². The van der Waals surface area contributed by atoms with Gasteiger partial charge in [0.15, 0.2) is 0 Å². The van der Waals surface area contributed by atoms with E-state index in [1.807, 2.05) is 86.6 Å². The lowest BCUT2D eigenvalue weighted by molar-refractivity contribution is 0.00505. The van der Waals surface area contributed by atoms with Gasteiger partial charge >= 0.3 is 0 Å². The van der Waals surface area contributed by atoms with Crippen LogP contribution in [-0.2, 0) is 5.60 Å². The molecule has 1 saturated heterocycles. The second kappa shape index (κ2) is 10.8. The second-order valence-corrected chi connectivity index (χ2v) is 9.08. The summed E-state index contributed by atoms with van der Waals surface area (Å²) < 4.78 is 0. The van der Waals surface area contributed by atoms with Crippen LogP contribution in [0.1, 0.15) is 53.7 Å². The average molecular weight is 468 g/mol. The third-order valence-electron chi connectivity index (χ3n) is 7.27. The van der Waals surface area contributed by atoms with Crippen molar-refractivity contribution in [1.29, 1.82) is 5.26 Å². The van der Waals surface area contributed by atoms with Crippen molar-refractivity contribution in [3.63, 3.8) is 0 Å². The largest absolute Gasteiger partial charge is 0.380 e. The molecular weight excluding hydrogens is 434 g/mol. The molecule has 0 unspecified atom stereocenters. The third-order valence-corrected chi connectivity index (χ3v) is 7.27. The van der Waals surface area contributed by atoms with Crippen LogP contribution in [0.5, 0.6) is 0 Å². The molecule has 1 aliphatic rings. The van der Waals surface area contributed by atoms with E-state index in [1.54, 1.807) is 11.0 Å². The zero-order chi connectivity index (χ0) is 24.8. The van der Waals surface area contributed by atoms with Gasteiger partial charge in [0.2, 0.25) is 0 Å². The van der Waals surface area contributed by atoms with E-state index in [-0.39, 0.29) is 11.8 Å². The molecule has 1 N–H and O–H groups in total. The van der Waals surface area contributed by atoms with Crippen LogP contribution in [0, 0.1) is 17.2 Å². The van der Waals surface area contributed by atoms with Crippen molar-refractivity contribution in [3.05, 3.63) is 101 Å². The molecule has 4 rings (SSSR count). The Morgan fingerprint density at radius 3 is 2.00 bits per heavy atom. The molecule has 1 amide bonds. The molecule has 0 radical (unpaired) electrons. The zero-order valence-corrected chi connectivity index (χ0v) is 20.5. The number of carbonyl (C=O) groups is 1. The molecule has 3 aromatic rings. The summed E-state index contributed by atoms with van der Waals surface area (Å²) >= 11 is 0. The number of piperidine rings is 1. The number of nitrogens with zero attached hydrogens (tertiary/aromatic N) is 3. The molecule has 0 atom stereocenters. The second-order valence-electron chi connectivity index (χ2n) is 9.08. The molecule has 1 heterocycles. The number of rotatable bonds is 7. The van der Waals surface area contributed by atoms with E-state index in [4.69, 9.17) is 0 Å². The number of carbonyl (C=O) groups excluding carboxylic acids is 1. The molecule has 180 valence electrons. The SMILES string of the molecule is CCN(CC)C(=O)c1ccc(N2CCC(C(O)(c3ccccc3)c3ccccc3)CC2)c(C#N)c1. The maximum absolute atomic E-state index is 12.8. The highest BCUT2D eigenvalue weighted by Crippen LogP contribution is 2.42. The van der Waals surface area contributed by atoms with E-state index in [1.165, 1.54) is 0 Å². The number of nitriles is 1. The lowest BCUT2D eigenvalue weighted by atomic mass is 9.72. The number of anilines is 1. The van der Waals surface area contributed by atoms with Crippen LogP contribution in [0.2, 0.25) is 0 Å². The van der Waals surface area contributed by atoms with Crippen LogP contribution in [-0.4, -0.2) is 42.1 Å². The van der Waals surface area contributed by atoms with Crippen molar-refractivity contribution < 1.29 is 9.90 Å². The van der Waals surface area contributed by atoms with Gasteiger partial charge in [0.25, 0.3) is 5.91 Å². The van der Waals surface area contributed by atoms with E-state index < -0.39 is 5.60 Å². The Kier molecular flexibility index (Phi) is 7.53. The van der Waals surface area contributed by atoms with E-state index in [0.29, 0.717) is 24.2 Å². The molecule has 0 aliphatic carbocycles. The fourth-order valence-electron chi connectivity index (χ4n) is 5.29. The summed E-state index contributed by atoms with van der Waals surface area (Å²) in [6.07, 6.45) is 1.57. The first-order valence-corrected chi connectivity index (χ1v) is 12.4. The fraction of sp³-hybridized carbons (Fsp3) is 0.333. The highest BCUT2D eigenvalue weighted by molar-refractivity contribution is 5.95. The highest BCUT2D eigenvalue weighted by Gasteiger charge is 2.41. The average Bonchev–Trinajstić information content (AvgIpc) is 2.94. The number of aliphatic hydroxyl groups is 1. The third kappa shape index (κ3) is 4.80. The van der Waals surface area contributed by atoms with Gasteiger partial charge in [-0.25, -0.2) is 0 Å². The molecule has 3 aromatic carbocycles. The molecule has 5 heteroatoms. The Balaban J connectivity index is 1.57. The molecule has 1 fully saturated rings. The Bertz CT molecular complexity index is 1140. The Morgan fingerprint density at radius 1 is 0.971 bits per heavy atom. The van der Waals surface area contributed by atoms with Crippen LogP contribution in [0.3, 0.4) is 0 Å². The molecule has 0 aromatic heterocycles. The monoisotopic (exact) mass is 467 g/mol. The molecule has 0 spiro atoms. The Labute approximate surface area is 208 Å². The summed E-state index contributed by atoms with van der Waals surface area (Å²) in [6.45, 7) is 6.64. The van der Waals surface area contributed by atoms with Gasteiger partial charge in [-0.15, -0.1) is 0 Å². The van der Waals surface area contributed by atoms with Crippen molar-refractivity contribution >= 4 is 11.6 Å². The predicted octanol–water partition coefficient (Wildman–Crippen LogP) is 5.19. The van der Waals surface area contributed by atoms with Crippen LogP contribution < -0.4 is 4.90 Å². The zero-order valence-electron chi connectivity index (χ0n) is 20.5. The first-order valence-electron chi connectivity index (χ1n) is 12.4. The lowest BCUT2D eigenvalue weighted by Crippen LogP contribution is -2.44. The summed E-state index contributed by atoms with van der Waals surface area (Å²) in [6, 6.07) is 27.5. The normalized spacial score (nSPS) is 14.4. The summed E-state index contributed by atoms with van der Waals surface area (Å²) in [4.78, 5) is 16.7. The van der Waals surface area contributed by atoms with Crippen LogP contribution in [0.4, 0.5) is 5.69 Å². The lowest BCUT2D eigenvalue weighted by Gasteiger charge is -2.43. The topological polar surface area (TPSA) is 67.6 Å². The summed E-state index contributed by atoms with van der Waals surface area (Å²) in [5.41, 5.74) is 2.65. The number of hydrogen-bond acceptors (Lipinski definition) is 4. The van der Waals surface area contributed by atoms with Gasteiger partial charge in [0.05, 0.1) is 11.3 Å². The van der Waals surface area contributed by atoms with Crippen molar-refractivity contribution in [2.24, 2.45) is 5.92 Å². The van der Waals surface area contributed by atoms with Gasteiger partial charge in [-0.05, 0) is 61.9 Å². The molecule has 0 saturated carbocycles. The van der Waals surface area contributed by atoms with Gasteiger partial charge in [0.1, 0.15) is 11.7 Å². The summed E-state index contributed by atoms with van der Waals surface area (Å²) in [5, 5.41) is 22.0. The first-order chi connectivity index (χ1) is 17.0. The number of amides is 1.